The number of hydrogen-bond acceptors (Lipinski definition) is 1. The van der Waals surface area contributed by atoms with Crippen molar-refractivity contribution in [3.05, 3.63) is 33.5 Å². The van der Waals surface area contributed by atoms with Crippen molar-refractivity contribution in [2.75, 3.05) is 0 Å². The maximum atomic E-state index is 5.87. The van der Waals surface area contributed by atoms with Crippen LogP contribution in [0.3, 0.4) is 0 Å². The molecule has 0 saturated heterocycles. The van der Waals surface area contributed by atoms with Gasteiger partial charge in [0, 0.05) is 11.5 Å². The summed E-state index contributed by atoms with van der Waals surface area (Å²) in [5.74, 6) is 0. The van der Waals surface area contributed by atoms with Gasteiger partial charge < -0.3 is 4.42 Å². The van der Waals surface area contributed by atoms with Crippen molar-refractivity contribution in [1.29, 1.82) is 0 Å². The molecule has 0 aliphatic rings. The van der Waals surface area contributed by atoms with Crippen LogP contribution in [0.1, 0.15) is 0 Å². The lowest BCUT2D eigenvalue weighted by Gasteiger charge is -1.93. The van der Waals surface area contributed by atoms with E-state index in [0.717, 1.165) is 5.39 Å². The van der Waals surface area contributed by atoms with E-state index in [4.69, 9.17) is 39.2 Å². The Morgan fingerprint density at radius 1 is 1.00 bits per heavy atom. The molecule has 4 heteroatoms. The van der Waals surface area contributed by atoms with Crippen LogP contribution in [0, 0.1) is 0 Å². The molecule has 0 aliphatic heterocycles. The minimum Gasteiger partial charge on any atom is -0.443 e. The average molecular weight is 221 g/mol. The van der Waals surface area contributed by atoms with Crippen molar-refractivity contribution in [3.8, 4) is 0 Å². The Morgan fingerprint density at radius 3 is 2.33 bits per heavy atom. The Hall–Kier alpha value is -0.370. The van der Waals surface area contributed by atoms with E-state index < -0.39 is 0 Å². The zero-order valence-corrected chi connectivity index (χ0v) is 8.04. The molecule has 0 N–H and O–H groups in total. The standard InChI is InChI=1S/C8H3Cl3O/c9-5-1-2-6(10)8-4(5)3-7(11)12-8/h1-3H. The van der Waals surface area contributed by atoms with E-state index in [2.05, 4.69) is 0 Å². The highest BCUT2D eigenvalue weighted by atomic mass is 35.5. The van der Waals surface area contributed by atoms with Crippen molar-refractivity contribution < 1.29 is 4.42 Å². The zero-order valence-electron chi connectivity index (χ0n) is 5.77. The summed E-state index contributed by atoms with van der Waals surface area (Å²) in [7, 11) is 0. The van der Waals surface area contributed by atoms with Crippen LogP contribution in [0.25, 0.3) is 11.0 Å². The second-order valence-corrected chi connectivity index (χ2v) is 3.51. The monoisotopic (exact) mass is 220 g/mol. The molecule has 1 nitrogen and oxygen atoms in total. The summed E-state index contributed by atoms with van der Waals surface area (Å²) in [5, 5.41) is 2.14. The maximum Gasteiger partial charge on any atom is 0.194 e. The van der Waals surface area contributed by atoms with Gasteiger partial charge in [0.25, 0.3) is 0 Å². The van der Waals surface area contributed by atoms with Gasteiger partial charge in [-0.2, -0.15) is 0 Å². The number of fused-ring (bicyclic) bond motifs is 1. The third-order valence-corrected chi connectivity index (χ3v) is 2.37. The Labute approximate surface area is 83.8 Å². The lowest BCUT2D eigenvalue weighted by Crippen LogP contribution is -1.67. The number of furan rings is 1. The van der Waals surface area contributed by atoms with Crippen molar-refractivity contribution in [2.45, 2.75) is 0 Å². The van der Waals surface area contributed by atoms with Gasteiger partial charge in [0.05, 0.1) is 10.0 Å². The fourth-order valence-electron chi connectivity index (χ4n) is 1.03. The van der Waals surface area contributed by atoms with E-state index in [1.54, 1.807) is 18.2 Å². The predicted octanol–water partition coefficient (Wildman–Crippen LogP) is 4.39. The number of hydrogen-bond donors (Lipinski definition) is 0. The van der Waals surface area contributed by atoms with Crippen LogP contribution in [0.15, 0.2) is 22.6 Å². The fraction of sp³-hybridized carbons (Fsp3) is 0. The van der Waals surface area contributed by atoms with Crippen LogP contribution in [0.2, 0.25) is 15.3 Å². The topological polar surface area (TPSA) is 13.1 Å². The summed E-state index contributed by atoms with van der Waals surface area (Å²) < 4.78 is 5.13. The smallest absolute Gasteiger partial charge is 0.194 e. The minimum absolute atomic E-state index is 0.292. The Kier molecular flexibility index (Phi) is 1.95. The molecule has 0 bridgehead atoms. The molecule has 0 saturated carbocycles. The molecule has 0 amide bonds. The minimum atomic E-state index is 0.292. The number of benzene rings is 1. The molecule has 0 aliphatic carbocycles. The Morgan fingerprint density at radius 2 is 1.67 bits per heavy atom. The van der Waals surface area contributed by atoms with Gasteiger partial charge in [-0.3, -0.25) is 0 Å². The first-order valence-electron chi connectivity index (χ1n) is 3.21. The summed E-state index contributed by atoms with van der Waals surface area (Å²) in [6.45, 7) is 0. The van der Waals surface area contributed by atoms with E-state index >= 15 is 0 Å². The highest BCUT2D eigenvalue weighted by Gasteiger charge is 2.08. The summed E-state index contributed by atoms with van der Waals surface area (Å²) in [4.78, 5) is 0. The number of rotatable bonds is 0. The average Bonchev–Trinajstić information content (AvgIpc) is 2.41. The molecule has 62 valence electrons. The predicted molar refractivity (Wildman–Crippen MR) is 51.2 cm³/mol. The molecule has 1 aromatic heterocycles. The molecule has 0 unspecified atom stereocenters. The first kappa shape index (κ1) is 8.24. The maximum absolute atomic E-state index is 5.87. The van der Waals surface area contributed by atoms with Crippen molar-refractivity contribution in [2.24, 2.45) is 0 Å². The van der Waals surface area contributed by atoms with Crippen LogP contribution in [0.4, 0.5) is 0 Å². The highest BCUT2D eigenvalue weighted by Crippen LogP contribution is 2.33. The van der Waals surface area contributed by atoms with Crippen molar-refractivity contribution >= 4 is 45.8 Å². The third kappa shape index (κ3) is 1.18. The van der Waals surface area contributed by atoms with E-state index in [1.807, 2.05) is 0 Å². The summed E-state index contributed by atoms with van der Waals surface area (Å²) >= 11 is 17.3. The lowest BCUT2D eigenvalue weighted by molar-refractivity contribution is 0.618. The van der Waals surface area contributed by atoms with Crippen molar-refractivity contribution in [3.63, 3.8) is 0 Å². The van der Waals surface area contributed by atoms with Crippen LogP contribution in [0.5, 0.6) is 0 Å². The molecular weight excluding hydrogens is 218 g/mol. The van der Waals surface area contributed by atoms with Crippen LogP contribution in [-0.2, 0) is 0 Å². The van der Waals surface area contributed by atoms with E-state index in [0.29, 0.717) is 20.8 Å². The third-order valence-electron chi connectivity index (χ3n) is 1.55. The quantitative estimate of drug-likeness (QED) is 0.643. The first-order chi connectivity index (χ1) is 5.68. The van der Waals surface area contributed by atoms with Crippen LogP contribution < -0.4 is 0 Å². The molecular formula is C8H3Cl3O. The van der Waals surface area contributed by atoms with Crippen LogP contribution >= 0.6 is 34.8 Å². The normalized spacial score (nSPS) is 10.9. The lowest BCUT2D eigenvalue weighted by atomic mass is 10.2. The van der Waals surface area contributed by atoms with E-state index in [9.17, 15) is 0 Å². The molecule has 1 aromatic carbocycles. The summed E-state index contributed by atoms with van der Waals surface area (Å²) in [6.07, 6.45) is 0. The molecule has 2 aromatic rings. The van der Waals surface area contributed by atoms with Crippen molar-refractivity contribution in [1.82, 2.24) is 0 Å². The van der Waals surface area contributed by atoms with Gasteiger partial charge in [-0.25, -0.2) is 0 Å². The Balaban J connectivity index is 2.93. The van der Waals surface area contributed by atoms with E-state index in [1.165, 1.54) is 0 Å². The number of halogens is 3. The summed E-state index contributed by atoms with van der Waals surface area (Å²) in [5.41, 5.74) is 0.536. The largest absolute Gasteiger partial charge is 0.443 e. The molecule has 12 heavy (non-hydrogen) atoms. The fourth-order valence-corrected chi connectivity index (χ4v) is 1.62. The molecule has 0 atom stereocenters. The molecule has 0 spiro atoms. The second-order valence-electron chi connectivity index (χ2n) is 2.32. The molecule has 1 heterocycles. The van der Waals surface area contributed by atoms with Gasteiger partial charge in [0.2, 0.25) is 0 Å². The summed E-state index contributed by atoms with van der Waals surface area (Å²) in [6, 6.07) is 5.02. The highest BCUT2D eigenvalue weighted by molar-refractivity contribution is 6.40. The van der Waals surface area contributed by atoms with Gasteiger partial charge in [0.1, 0.15) is 0 Å². The zero-order chi connectivity index (χ0) is 8.72. The van der Waals surface area contributed by atoms with Gasteiger partial charge in [0.15, 0.2) is 10.8 Å². The van der Waals surface area contributed by atoms with Gasteiger partial charge in [-0.05, 0) is 23.7 Å². The van der Waals surface area contributed by atoms with Crippen LogP contribution in [-0.4, -0.2) is 0 Å². The molecule has 2 rings (SSSR count). The SMILES string of the molecule is Clc1cc2c(Cl)ccc(Cl)c2o1. The molecule has 0 radical (unpaired) electrons. The van der Waals surface area contributed by atoms with Gasteiger partial charge in [-0.15, -0.1) is 0 Å². The van der Waals surface area contributed by atoms with Gasteiger partial charge >= 0.3 is 0 Å². The Bertz CT molecular complexity index is 394. The van der Waals surface area contributed by atoms with Gasteiger partial charge in [-0.1, -0.05) is 23.2 Å². The van der Waals surface area contributed by atoms with E-state index in [-0.39, 0.29) is 0 Å². The molecule has 0 fully saturated rings. The second kappa shape index (κ2) is 2.84. The first-order valence-corrected chi connectivity index (χ1v) is 4.35.